The van der Waals surface area contributed by atoms with Crippen LogP contribution >= 0.6 is 0 Å². The third kappa shape index (κ3) is 71.3. The molecule has 0 nitrogen and oxygen atoms in total. The van der Waals surface area contributed by atoms with E-state index in [0.717, 1.165) is 0 Å². The first-order valence-corrected chi connectivity index (χ1v) is 0. The van der Waals surface area contributed by atoms with Crippen LogP contribution in [-0.2, 0) is 246 Å². The number of rotatable bonds is 0. The monoisotopic (exact) mass is 1180 g/mol. The van der Waals surface area contributed by atoms with Crippen LogP contribution < -0.4 is 0 Å². The van der Waals surface area contributed by atoms with Crippen molar-refractivity contribution in [1.82, 2.24) is 0 Å². The molecule has 0 aliphatic carbocycles. The molecule has 0 aromatic carbocycles. The fraction of sp³-hybridized carbons (Fsp3) is 0. The molecular formula is Ag11. The first-order valence-electron chi connectivity index (χ1n) is 0. The van der Waals surface area contributed by atoms with Gasteiger partial charge >= 0.3 is 0 Å². The van der Waals surface area contributed by atoms with Gasteiger partial charge in [0.15, 0.2) is 0 Å². The molecule has 0 atom stereocenters. The van der Waals surface area contributed by atoms with Gasteiger partial charge in [-0.1, -0.05) is 0 Å². The molecule has 0 heterocycles. The fourth-order valence-corrected chi connectivity index (χ4v) is 0. The van der Waals surface area contributed by atoms with Crippen molar-refractivity contribution in [3.63, 3.8) is 0 Å². The summed E-state index contributed by atoms with van der Waals surface area (Å²) in [5.74, 6) is 0. The van der Waals surface area contributed by atoms with Crippen molar-refractivity contribution in [3.8, 4) is 0 Å². The summed E-state index contributed by atoms with van der Waals surface area (Å²) in [6.45, 7) is 0. The van der Waals surface area contributed by atoms with Crippen molar-refractivity contribution in [2.75, 3.05) is 0 Å². The van der Waals surface area contributed by atoms with Crippen LogP contribution in [0.2, 0.25) is 0 Å². The quantitative estimate of drug-likeness (QED) is 0.300. The molecule has 121 valence electrons. The Kier molecular flexibility index (Phi) is 695. The van der Waals surface area contributed by atoms with Gasteiger partial charge in [0.1, 0.15) is 0 Å². The maximum absolute atomic E-state index is 0. The molecule has 0 bridgehead atoms. The smallest absolute Gasteiger partial charge is 0 e. The van der Waals surface area contributed by atoms with Gasteiger partial charge in [-0.05, 0) is 0 Å². The van der Waals surface area contributed by atoms with Crippen LogP contribution in [0.3, 0.4) is 0 Å². The molecule has 0 unspecified atom stereocenters. The SMILES string of the molecule is [Ag].[Ag].[Ag].[Ag].[Ag].[Ag].[Ag].[Ag].[Ag].[Ag].[Ag]. The second-order valence-corrected chi connectivity index (χ2v) is 0. The zero-order valence-electron chi connectivity index (χ0n) is 3.32. The summed E-state index contributed by atoms with van der Waals surface area (Å²) in [5.41, 5.74) is 0. The predicted molar refractivity (Wildman–Crippen MR) is 0 cm³/mol. The third-order valence-electron chi connectivity index (χ3n) is 0. The van der Waals surface area contributed by atoms with Crippen LogP contribution in [-0.4, -0.2) is 0 Å². The minimum absolute atomic E-state index is 0. The first kappa shape index (κ1) is 95.0. The average Bonchev–Trinajstić information content (AvgIpc) is 0. The fourth-order valence-electron chi connectivity index (χ4n) is 0. The molecule has 0 rings (SSSR count). The first-order chi connectivity index (χ1) is 0. The van der Waals surface area contributed by atoms with E-state index in [4.69, 9.17) is 0 Å². The van der Waals surface area contributed by atoms with Gasteiger partial charge in [0, 0.05) is 246 Å². The Labute approximate surface area is 239 Å². The van der Waals surface area contributed by atoms with E-state index in [1.54, 1.807) is 0 Å². The molecule has 0 aromatic rings. The van der Waals surface area contributed by atoms with Gasteiger partial charge < -0.3 is 0 Å². The number of hydrogen-bond donors (Lipinski definition) is 0. The van der Waals surface area contributed by atoms with Gasteiger partial charge in [0.25, 0.3) is 0 Å². The van der Waals surface area contributed by atoms with E-state index in [1.165, 1.54) is 0 Å². The van der Waals surface area contributed by atoms with Crippen molar-refractivity contribution in [1.29, 1.82) is 0 Å². The Morgan fingerprint density at radius 3 is 0.0909 bits per heavy atom. The van der Waals surface area contributed by atoms with E-state index >= 15 is 0 Å². The van der Waals surface area contributed by atoms with Crippen LogP contribution in [0.1, 0.15) is 0 Å². The molecular weight excluding hydrogens is 1190 g/mol. The Bertz CT molecular complexity index is 0. The topological polar surface area (TPSA) is 0 Å². The van der Waals surface area contributed by atoms with Gasteiger partial charge in [-0.25, -0.2) is 0 Å². The van der Waals surface area contributed by atoms with E-state index in [-0.39, 0.29) is 246 Å². The summed E-state index contributed by atoms with van der Waals surface area (Å²) >= 11 is 0. The third-order valence-corrected chi connectivity index (χ3v) is 0. The van der Waals surface area contributed by atoms with Crippen molar-refractivity contribution < 1.29 is 246 Å². The minimum Gasteiger partial charge on any atom is 0 e. The Hall–Kier alpha value is 8.14. The standard InChI is InChI=1S/11Ag. The molecule has 0 spiro atoms. The van der Waals surface area contributed by atoms with Crippen LogP contribution in [0.15, 0.2) is 0 Å². The molecule has 11 heavy (non-hydrogen) atoms. The van der Waals surface area contributed by atoms with E-state index in [1.807, 2.05) is 0 Å². The summed E-state index contributed by atoms with van der Waals surface area (Å²) in [4.78, 5) is 0. The molecule has 0 aliphatic heterocycles. The summed E-state index contributed by atoms with van der Waals surface area (Å²) in [6, 6.07) is 0. The van der Waals surface area contributed by atoms with E-state index in [2.05, 4.69) is 0 Å². The van der Waals surface area contributed by atoms with Gasteiger partial charge in [-0.3, -0.25) is 0 Å². The molecule has 0 aromatic heterocycles. The number of hydrogen-bond acceptors (Lipinski definition) is 0. The predicted octanol–water partition coefficient (Wildman–Crippen LogP) is -0.0275. The van der Waals surface area contributed by atoms with Gasteiger partial charge in [-0.15, -0.1) is 0 Å². The average molecular weight is 1190 g/mol. The van der Waals surface area contributed by atoms with E-state index in [9.17, 15) is 0 Å². The maximum atomic E-state index is 0. The Morgan fingerprint density at radius 1 is 0.0909 bits per heavy atom. The Balaban J connectivity index is 0. The largest absolute Gasteiger partial charge is 0 e. The summed E-state index contributed by atoms with van der Waals surface area (Å²) < 4.78 is 0. The molecule has 0 aliphatic rings. The second kappa shape index (κ2) is 80.4. The van der Waals surface area contributed by atoms with Crippen LogP contribution in [0, 0.1) is 0 Å². The molecule has 0 saturated carbocycles. The molecule has 11 heteroatoms. The molecule has 0 N–H and O–H groups in total. The van der Waals surface area contributed by atoms with Gasteiger partial charge in [0.05, 0.1) is 0 Å². The van der Waals surface area contributed by atoms with Crippen molar-refractivity contribution in [2.45, 2.75) is 0 Å². The van der Waals surface area contributed by atoms with Crippen molar-refractivity contribution in [3.05, 3.63) is 0 Å². The van der Waals surface area contributed by atoms with Gasteiger partial charge in [-0.2, -0.15) is 0 Å². The van der Waals surface area contributed by atoms with Crippen LogP contribution in [0.25, 0.3) is 0 Å². The normalized spacial score (nSPS) is 0. The van der Waals surface area contributed by atoms with E-state index < -0.39 is 0 Å². The molecule has 0 amide bonds. The van der Waals surface area contributed by atoms with E-state index in [0.29, 0.717) is 0 Å². The zero-order valence-corrected chi connectivity index (χ0v) is 19.6. The Morgan fingerprint density at radius 2 is 0.0909 bits per heavy atom. The maximum Gasteiger partial charge on any atom is 0 e. The van der Waals surface area contributed by atoms with Crippen LogP contribution in [0.5, 0.6) is 0 Å². The molecule has 0 fully saturated rings. The summed E-state index contributed by atoms with van der Waals surface area (Å²) in [5, 5.41) is 0. The second-order valence-electron chi connectivity index (χ2n) is 0. The zero-order chi connectivity index (χ0) is 0. The minimum atomic E-state index is 0. The van der Waals surface area contributed by atoms with Gasteiger partial charge in [0.2, 0.25) is 0 Å². The van der Waals surface area contributed by atoms with Crippen molar-refractivity contribution in [2.24, 2.45) is 0 Å². The molecule has 11 radical (unpaired) electrons. The summed E-state index contributed by atoms with van der Waals surface area (Å²) in [7, 11) is 0. The molecule has 0 saturated heterocycles. The summed E-state index contributed by atoms with van der Waals surface area (Å²) in [6.07, 6.45) is 0. The van der Waals surface area contributed by atoms with Crippen LogP contribution in [0.4, 0.5) is 0 Å². The van der Waals surface area contributed by atoms with Crippen molar-refractivity contribution >= 4 is 0 Å².